The first-order chi connectivity index (χ1) is 13.3. The third-order valence-corrected chi connectivity index (χ3v) is 4.04. The molecule has 3 aromatic rings. The van der Waals surface area contributed by atoms with Crippen LogP contribution in [0.5, 0.6) is 0 Å². The van der Waals surface area contributed by atoms with E-state index in [0.29, 0.717) is 18.0 Å². The number of methoxy groups -OCH3 is 1. The largest absolute Gasteiger partial charge is 0.484 e. The van der Waals surface area contributed by atoms with Crippen molar-refractivity contribution in [1.29, 1.82) is 0 Å². The first-order valence-corrected chi connectivity index (χ1v) is 8.52. The van der Waals surface area contributed by atoms with Crippen LogP contribution in [0.2, 0.25) is 0 Å². The molecule has 6 nitrogen and oxygen atoms in total. The van der Waals surface area contributed by atoms with Gasteiger partial charge in [-0.3, -0.25) is 9.97 Å². The molecule has 0 fully saturated rings. The maximum atomic E-state index is 5.39. The van der Waals surface area contributed by atoms with E-state index in [-0.39, 0.29) is 0 Å². The van der Waals surface area contributed by atoms with Crippen LogP contribution in [0.4, 0.5) is 0 Å². The quantitative estimate of drug-likeness (QED) is 0.717. The zero-order valence-corrected chi connectivity index (χ0v) is 14.8. The van der Waals surface area contributed by atoms with Crippen LogP contribution >= 0.6 is 0 Å². The molecule has 3 aromatic heterocycles. The second-order valence-corrected chi connectivity index (χ2v) is 5.81. The first kappa shape index (κ1) is 16.8. The summed E-state index contributed by atoms with van der Waals surface area (Å²) in [5, 5.41) is 0. The first-order valence-electron chi connectivity index (χ1n) is 8.52. The number of nitrogens with zero attached hydrogens (tertiary/aromatic N) is 5. The second-order valence-electron chi connectivity index (χ2n) is 5.81. The fourth-order valence-corrected chi connectivity index (χ4v) is 2.70. The Morgan fingerprint density at radius 1 is 0.778 bits per heavy atom. The molecule has 27 heavy (non-hydrogen) atoms. The standard InChI is InChI=1S/C21H17N5O/c1-27-21-13-19(26-20(14-24-21)16-8-3-5-12-23-16)18-10-6-9-17(25-18)15-7-2-4-11-22-15/h2-12,14H,13H2,1H3. The molecule has 0 aromatic carbocycles. The van der Waals surface area contributed by atoms with Gasteiger partial charge in [0.25, 0.3) is 0 Å². The predicted molar refractivity (Wildman–Crippen MR) is 105 cm³/mol. The number of pyridine rings is 3. The lowest BCUT2D eigenvalue weighted by molar-refractivity contribution is 0.396. The SMILES string of the molecule is COC1=NC=C(c2ccccn2)N=C(c2cccc(-c3ccccn3)n2)C1. The highest BCUT2D eigenvalue weighted by Gasteiger charge is 2.16. The average molecular weight is 355 g/mol. The lowest BCUT2D eigenvalue weighted by atomic mass is 10.1. The van der Waals surface area contributed by atoms with Gasteiger partial charge in [-0.25, -0.2) is 15.0 Å². The Kier molecular flexibility index (Phi) is 4.78. The van der Waals surface area contributed by atoms with Crippen LogP contribution in [0.25, 0.3) is 17.1 Å². The van der Waals surface area contributed by atoms with Gasteiger partial charge in [0.05, 0.1) is 48.2 Å². The molecule has 0 amide bonds. The third-order valence-electron chi connectivity index (χ3n) is 4.04. The van der Waals surface area contributed by atoms with Crippen molar-refractivity contribution in [1.82, 2.24) is 15.0 Å². The Hall–Kier alpha value is -3.67. The molecule has 1 aliphatic rings. The Bertz CT molecular complexity index is 1030. The number of ether oxygens (including phenoxy) is 1. The van der Waals surface area contributed by atoms with Gasteiger partial charge in [-0.15, -0.1) is 0 Å². The number of hydrogen-bond donors (Lipinski definition) is 0. The lowest BCUT2D eigenvalue weighted by Gasteiger charge is -2.08. The van der Waals surface area contributed by atoms with E-state index in [1.807, 2.05) is 54.6 Å². The van der Waals surface area contributed by atoms with E-state index in [1.54, 1.807) is 25.7 Å². The van der Waals surface area contributed by atoms with Crippen molar-refractivity contribution < 1.29 is 4.74 Å². The minimum atomic E-state index is 0.446. The van der Waals surface area contributed by atoms with E-state index in [9.17, 15) is 0 Å². The van der Waals surface area contributed by atoms with Crippen LogP contribution < -0.4 is 0 Å². The van der Waals surface area contributed by atoms with Gasteiger partial charge in [-0.05, 0) is 36.4 Å². The van der Waals surface area contributed by atoms with Gasteiger partial charge in [-0.1, -0.05) is 18.2 Å². The summed E-state index contributed by atoms with van der Waals surface area (Å²) in [4.78, 5) is 22.7. The summed E-state index contributed by atoms with van der Waals surface area (Å²) in [6.45, 7) is 0. The van der Waals surface area contributed by atoms with Crippen LogP contribution in [-0.2, 0) is 4.74 Å². The summed E-state index contributed by atoms with van der Waals surface area (Å²) < 4.78 is 5.39. The van der Waals surface area contributed by atoms with E-state index in [0.717, 1.165) is 28.5 Å². The Morgan fingerprint density at radius 3 is 2.19 bits per heavy atom. The van der Waals surface area contributed by atoms with Gasteiger partial charge < -0.3 is 4.74 Å². The van der Waals surface area contributed by atoms with Gasteiger partial charge in [-0.2, -0.15) is 0 Å². The molecule has 0 spiro atoms. The van der Waals surface area contributed by atoms with Crippen LogP contribution in [-0.4, -0.2) is 33.7 Å². The molecule has 132 valence electrons. The molecular weight excluding hydrogens is 338 g/mol. The fraction of sp³-hybridized carbons (Fsp3) is 0.0952. The molecular formula is C21H17N5O. The summed E-state index contributed by atoms with van der Waals surface area (Å²) in [7, 11) is 1.60. The number of hydrogen-bond acceptors (Lipinski definition) is 6. The summed E-state index contributed by atoms with van der Waals surface area (Å²) in [5.74, 6) is 0.574. The van der Waals surface area contributed by atoms with Crippen LogP contribution in [0.1, 0.15) is 17.8 Å². The Balaban J connectivity index is 1.77. The van der Waals surface area contributed by atoms with Gasteiger partial charge in [0.15, 0.2) is 5.90 Å². The van der Waals surface area contributed by atoms with Crippen molar-refractivity contribution in [2.24, 2.45) is 9.98 Å². The highest BCUT2D eigenvalue weighted by atomic mass is 16.5. The monoisotopic (exact) mass is 355 g/mol. The highest BCUT2D eigenvalue weighted by Crippen LogP contribution is 2.21. The molecule has 0 N–H and O–H groups in total. The van der Waals surface area contributed by atoms with Crippen molar-refractivity contribution in [2.75, 3.05) is 7.11 Å². The van der Waals surface area contributed by atoms with Crippen molar-refractivity contribution in [3.05, 3.63) is 84.6 Å². The molecule has 0 saturated carbocycles. The van der Waals surface area contributed by atoms with Crippen LogP contribution in [0, 0.1) is 0 Å². The summed E-state index contributed by atoms with van der Waals surface area (Å²) >= 11 is 0. The molecule has 0 atom stereocenters. The maximum absolute atomic E-state index is 5.39. The van der Waals surface area contributed by atoms with Crippen LogP contribution in [0.15, 0.2) is 83.2 Å². The highest BCUT2D eigenvalue weighted by molar-refractivity contribution is 6.12. The van der Waals surface area contributed by atoms with Crippen molar-refractivity contribution in [2.45, 2.75) is 6.42 Å². The molecule has 0 radical (unpaired) electrons. The topological polar surface area (TPSA) is 72.6 Å². The minimum absolute atomic E-state index is 0.446. The van der Waals surface area contributed by atoms with E-state index in [4.69, 9.17) is 14.7 Å². The Morgan fingerprint density at radius 2 is 1.48 bits per heavy atom. The fourth-order valence-electron chi connectivity index (χ4n) is 2.70. The summed E-state index contributed by atoms with van der Waals surface area (Å²) in [6, 6.07) is 17.3. The van der Waals surface area contributed by atoms with E-state index >= 15 is 0 Å². The molecule has 6 heteroatoms. The molecule has 4 heterocycles. The number of rotatable bonds is 3. The molecule has 0 saturated heterocycles. The van der Waals surface area contributed by atoms with E-state index in [2.05, 4.69) is 15.0 Å². The third kappa shape index (κ3) is 3.79. The van der Waals surface area contributed by atoms with Crippen LogP contribution in [0.3, 0.4) is 0 Å². The number of aromatic nitrogens is 3. The zero-order valence-electron chi connectivity index (χ0n) is 14.8. The van der Waals surface area contributed by atoms with Gasteiger partial charge >= 0.3 is 0 Å². The van der Waals surface area contributed by atoms with Crippen molar-refractivity contribution in [3.63, 3.8) is 0 Å². The minimum Gasteiger partial charge on any atom is -0.484 e. The molecule has 0 unspecified atom stereocenters. The predicted octanol–water partition coefficient (Wildman–Crippen LogP) is 3.77. The van der Waals surface area contributed by atoms with Gasteiger partial charge in [0.1, 0.15) is 5.70 Å². The molecule has 4 rings (SSSR count). The zero-order chi connectivity index (χ0) is 18.5. The normalized spacial score (nSPS) is 13.9. The number of aliphatic imine (C=N–C) groups is 2. The lowest BCUT2D eigenvalue weighted by Crippen LogP contribution is -2.12. The Labute approximate surface area is 157 Å². The molecule has 0 aliphatic carbocycles. The second kappa shape index (κ2) is 7.70. The average Bonchev–Trinajstić information content (AvgIpc) is 2.98. The summed E-state index contributed by atoms with van der Waals surface area (Å²) in [5.41, 5.74) is 4.54. The van der Waals surface area contributed by atoms with Gasteiger partial charge in [0, 0.05) is 12.4 Å². The molecule has 1 aliphatic heterocycles. The smallest absolute Gasteiger partial charge is 0.193 e. The van der Waals surface area contributed by atoms with Gasteiger partial charge in [0.2, 0.25) is 0 Å². The van der Waals surface area contributed by atoms with E-state index in [1.165, 1.54) is 0 Å². The van der Waals surface area contributed by atoms with Crippen molar-refractivity contribution >= 4 is 17.3 Å². The molecule has 0 bridgehead atoms. The summed E-state index contributed by atoms with van der Waals surface area (Å²) in [6.07, 6.45) is 5.61. The maximum Gasteiger partial charge on any atom is 0.193 e. The van der Waals surface area contributed by atoms with Crippen molar-refractivity contribution in [3.8, 4) is 11.4 Å². The van der Waals surface area contributed by atoms with E-state index < -0.39 is 0 Å².